The number of ether oxygens (including phenoxy) is 4. The predicted molar refractivity (Wildman–Crippen MR) is 249 cm³/mol. The molecule has 66 heavy (non-hydrogen) atoms. The first-order valence-electron chi connectivity index (χ1n) is 22.8. The fraction of sp³-hybridized carbons (Fsp3) is 0.633. The van der Waals surface area contributed by atoms with Crippen LogP contribution in [0, 0.1) is 53.6 Å². The van der Waals surface area contributed by atoms with Gasteiger partial charge in [-0.05, 0) is 63.4 Å². The van der Waals surface area contributed by atoms with Gasteiger partial charge in [0.2, 0.25) is 17.7 Å². The Kier molecular flexibility index (Phi) is 20.9. The third-order valence-electron chi connectivity index (χ3n) is 12.9. The molecule has 3 rings (SSSR count). The molecule has 0 aromatic heterocycles. The molecule has 1 aliphatic heterocycles. The van der Waals surface area contributed by atoms with E-state index in [0.717, 1.165) is 11.1 Å². The zero-order valence-corrected chi connectivity index (χ0v) is 41.3. The van der Waals surface area contributed by atoms with Crippen molar-refractivity contribution >= 4 is 41.1 Å². The Morgan fingerprint density at radius 3 is 2.05 bits per heavy atom. The number of carbonyl (C=O) groups excluding carboxylic acids is 6. The molecule has 2 aromatic rings. The number of nitro benzene ring substituents is 1. The number of hydrogen-bond donors (Lipinski definition) is 1. The van der Waals surface area contributed by atoms with E-state index in [4.69, 9.17) is 18.9 Å². The Hall–Kier alpha value is -5.26. The maximum atomic E-state index is 14.7. The van der Waals surface area contributed by atoms with Gasteiger partial charge in [-0.3, -0.25) is 39.0 Å². The van der Waals surface area contributed by atoms with Crippen LogP contribution < -0.4 is 10.1 Å². The average molecular weight is 924 g/mol. The van der Waals surface area contributed by atoms with Gasteiger partial charge in [-0.2, -0.15) is 0 Å². The number of likely N-dealkylation sites (N-methyl/N-ethyl adjacent to an activating group) is 2. The summed E-state index contributed by atoms with van der Waals surface area (Å²) in [5.74, 6) is -3.23. The number of carbonyl (C=O) groups is 6. The topological polar surface area (TPSA) is 204 Å². The number of likely N-dealkylation sites (tertiary alicyclic amines) is 1. The van der Waals surface area contributed by atoms with E-state index in [1.807, 2.05) is 86.5 Å². The number of nitrogens with zero attached hydrogens (tertiary/aromatic N) is 4. The Labute approximate surface area is 390 Å². The third-order valence-corrected chi connectivity index (χ3v) is 12.9. The molecule has 17 nitrogen and oxygen atoms in total. The minimum atomic E-state index is -1.11. The van der Waals surface area contributed by atoms with Gasteiger partial charge in [0.15, 0.2) is 11.6 Å². The SMILES string of the molecule is CC[C@H](C)[C@@H]([C@@H](CC(=O)N1C[C@@H](OC(=O)Oc2ccc([N+](=O)[O-])cc2)C[C@H]1[C@H](OC)[C@@H](C)C(=O)NCC(=O)c1ccc(C)cc1C)OC)N(C)C(=O)[C@@H](CC(=O)[C@H](C(C)C)N(C)C)C(C)C. The van der Waals surface area contributed by atoms with Crippen LogP contribution in [0.5, 0.6) is 5.75 Å². The standard InChI is InChI=1S/C49H73N5O12/c1-15-31(7)45(52(12)48(59)38(28(2)3)24-40(55)44(29(4)5)51(10)11)42(63-13)25-43(57)53-27-36(66-49(60)65-35-19-17-34(18-20-35)54(61)62)23-39(53)46(64-14)33(9)47(58)50-26-41(56)37-21-16-30(6)22-32(37)8/h16-22,28-29,31,33,36,38-39,42,44-46H,15,23-27H2,1-14H3,(H,50,58)/t31-,33+,36-,38-,39-,42+,44-,45-,46+/m0/s1. The molecule has 1 aliphatic rings. The highest BCUT2D eigenvalue weighted by molar-refractivity contribution is 6.00. The maximum absolute atomic E-state index is 14.7. The summed E-state index contributed by atoms with van der Waals surface area (Å²) in [6.45, 7) is 16.8. The van der Waals surface area contributed by atoms with Crippen LogP contribution in [0.1, 0.15) is 95.6 Å². The minimum absolute atomic E-state index is 0.00252. The highest BCUT2D eigenvalue weighted by Gasteiger charge is 2.47. The van der Waals surface area contributed by atoms with Crippen LogP contribution in [0.2, 0.25) is 0 Å². The second-order valence-electron chi connectivity index (χ2n) is 18.6. The number of hydrogen-bond acceptors (Lipinski definition) is 13. The van der Waals surface area contributed by atoms with E-state index in [1.165, 1.54) is 43.4 Å². The van der Waals surface area contributed by atoms with E-state index >= 15 is 0 Å². The summed E-state index contributed by atoms with van der Waals surface area (Å²) in [5.41, 5.74) is 2.07. The molecule has 3 amide bonds. The zero-order valence-electron chi connectivity index (χ0n) is 41.3. The molecule has 1 heterocycles. The molecule has 0 unspecified atom stereocenters. The normalized spacial score (nSPS) is 18.2. The lowest BCUT2D eigenvalue weighted by Crippen LogP contribution is -2.54. The van der Waals surface area contributed by atoms with Gasteiger partial charge < -0.3 is 34.1 Å². The molecule has 9 atom stereocenters. The molecular weight excluding hydrogens is 851 g/mol. The fourth-order valence-electron chi connectivity index (χ4n) is 9.28. The Morgan fingerprint density at radius 1 is 0.894 bits per heavy atom. The van der Waals surface area contributed by atoms with Crippen molar-refractivity contribution in [3.63, 3.8) is 0 Å². The highest BCUT2D eigenvalue weighted by Crippen LogP contribution is 2.32. The smallest absolute Gasteiger partial charge is 0.429 e. The van der Waals surface area contributed by atoms with Gasteiger partial charge in [-0.1, -0.05) is 78.6 Å². The van der Waals surface area contributed by atoms with E-state index in [1.54, 1.807) is 24.9 Å². The van der Waals surface area contributed by atoms with Crippen molar-refractivity contribution in [3.05, 3.63) is 69.3 Å². The van der Waals surface area contributed by atoms with Crippen LogP contribution in [-0.4, -0.2) is 140 Å². The number of rotatable bonds is 24. The van der Waals surface area contributed by atoms with Gasteiger partial charge in [-0.15, -0.1) is 0 Å². The second kappa shape index (κ2) is 25.0. The number of amides is 3. The summed E-state index contributed by atoms with van der Waals surface area (Å²) in [4.78, 5) is 98.5. The monoisotopic (exact) mass is 924 g/mol. The van der Waals surface area contributed by atoms with Gasteiger partial charge in [0, 0.05) is 57.7 Å². The van der Waals surface area contributed by atoms with Crippen molar-refractivity contribution in [3.8, 4) is 5.75 Å². The lowest BCUT2D eigenvalue weighted by Gasteiger charge is -2.41. The van der Waals surface area contributed by atoms with Gasteiger partial charge in [-0.25, -0.2) is 4.79 Å². The molecular formula is C49H73N5O12. The summed E-state index contributed by atoms with van der Waals surface area (Å²) in [7, 11) is 8.28. The van der Waals surface area contributed by atoms with Crippen molar-refractivity contribution in [2.24, 2.45) is 29.6 Å². The number of nitro groups is 1. The van der Waals surface area contributed by atoms with E-state index in [0.29, 0.717) is 12.0 Å². The molecule has 0 bridgehead atoms. The van der Waals surface area contributed by atoms with Crippen LogP contribution >= 0.6 is 0 Å². The van der Waals surface area contributed by atoms with Crippen LogP contribution in [0.4, 0.5) is 10.5 Å². The Bertz CT molecular complexity index is 2000. The summed E-state index contributed by atoms with van der Waals surface area (Å²) >= 11 is 0. The minimum Gasteiger partial charge on any atom is -0.429 e. The highest BCUT2D eigenvalue weighted by atomic mass is 16.7. The Balaban J connectivity index is 1.93. The molecule has 2 aromatic carbocycles. The molecule has 0 saturated carbocycles. The van der Waals surface area contributed by atoms with Crippen LogP contribution in [0.25, 0.3) is 0 Å². The largest absolute Gasteiger partial charge is 0.514 e. The first kappa shape index (κ1) is 55.1. The molecule has 0 radical (unpaired) electrons. The summed E-state index contributed by atoms with van der Waals surface area (Å²) in [5, 5.41) is 13.9. The van der Waals surface area contributed by atoms with Crippen molar-refractivity contribution in [2.75, 3.05) is 48.5 Å². The van der Waals surface area contributed by atoms with Crippen molar-refractivity contribution in [1.29, 1.82) is 0 Å². The molecule has 0 aliphatic carbocycles. The van der Waals surface area contributed by atoms with Gasteiger partial charge in [0.05, 0.1) is 60.7 Å². The summed E-state index contributed by atoms with van der Waals surface area (Å²) < 4.78 is 23.0. The predicted octanol–water partition coefficient (Wildman–Crippen LogP) is 6.44. The lowest BCUT2D eigenvalue weighted by atomic mass is 9.83. The second-order valence-corrected chi connectivity index (χ2v) is 18.6. The summed E-state index contributed by atoms with van der Waals surface area (Å²) in [6, 6.07) is 8.53. The first-order valence-corrected chi connectivity index (χ1v) is 22.8. The van der Waals surface area contributed by atoms with Crippen LogP contribution in [0.15, 0.2) is 42.5 Å². The molecule has 17 heteroatoms. The van der Waals surface area contributed by atoms with E-state index in [9.17, 15) is 38.9 Å². The number of ketones is 2. The third kappa shape index (κ3) is 14.4. The van der Waals surface area contributed by atoms with Crippen molar-refractivity contribution < 1.29 is 52.6 Å². The number of Topliss-reactive ketones (excluding diaryl/α,β-unsaturated/α-hetero) is 2. The quantitative estimate of drug-likeness (QED) is 0.0396. The maximum Gasteiger partial charge on any atom is 0.514 e. The molecule has 366 valence electrons. The van der Waals surface area contributed by atoms with Crippen LogP contribution in [-0.2, 0) is 33.4 Å². The number of non-ortho nitro benzene ring substituents is 1. The average Bonchev–Trinajstić information content (AvgIpc) is 3.66. The fourth-order valence-corrected chi connectivity index (χ4v) is 9.28. The number of benzene rings is 2. The molecule has 1 saturated heterocycles. The van der Waals surface area contributed by atoms with Crippen molar-refractivity contribution in [1.82, 2.24) is 20.0 Å². The van der Waals surface area contributed by atoms with Gasteiger partial charge >= 0.3 is 6.16 Å². The lowest BCUT2D eigenvalue weighted by molar-refractivity contribution is -0.384. The van der Waals surface area contributed by atoms with Gasteiger partial charge in [0.1, 0.15) is 11.9 Å². The zero-order chi connectivity index (χ0) is 49.7. The van der Waals surface area contributed by atoms with E-state index in [2.05, 4.69) is 5.32 Å². The van der Waals surface area contributed by atoms with E-state index < -0.39 is 65.1 Å². The van der Waals surface area contributed by atoms with Gasteiger partial charge in [0.25, 0.3) is 5.69 Å². The number of methoxy groups -OCH3 is 2. The molecule has 0 spiro atoms. The first-order chi connectivity index (χ1) is 31.0. The molecule has 1 fully saturated rings. The number of aryl methyl sites for hydroxylation is 2. The van der Waals surface area contributed by atoms with Crippen LogP contribution in [0.3, 0.4) is 0 Å². The summed E-state index contributed by atoms with van der Waals surface area (Å²) in [6.07, 6.45) is -3.27. The van der Waals surface area contributed by atoms with E-state index in [-0.39, 0.29) is 85.1 Å². The Morgan fingerprint density at radius 2 is 1.53 bits per heavy atom. The number of nitrogens with one attached hydrogen (secondary N) is 1. The molecule has 1 N–H and O–H groups in total. The van der Waals surface area contributed by atoms with Crippen molar-refractivity contribution in [2.45, 2.75) is 124 Å².